The number of carbonyl (C=O) groups excluding carboxylic acids is 1. The summed E-state index contributed by atoms with van der Waals surface area (Å²) in [7, 11) is 1.86. The molecule has 0 saturated heterocycles. The summed E-state index contributed by atoms with van der Waals surface area (Å²) >= 11 is 0. The highest BCUT2D eigenvalue weighted by Crippen LogP contribution is 2.49. The van der Waals surface area contributed by atoms with Gasteiger partial charge in [0.2, 0.25) is 0 Å². The van der Waals surface area contributed by atoms with Crippen LogP contribution < -0.4 is 4.74 Å². The molecule has 4 aromatic rings. The average Bonchev–Trinajstić information content (AvgIpc) is 3.42. The Morgan fingerprint density at radius 2 is 1.85 bits per heavy atom. The molecule has 0 aliphatic heterocycles. The number of carbonyl (C=O) groups is 1. The number of halogens is 1. The number of benzene rings is 3. The molecule has 1 heterocycles. The molecular weight excluding hydrogens is 493 g/mol. The summed E-state index contributed by atoms with van der Waals surface area (Å²) in [6.45, 7) is 6.40. The average molecular weight is 526 g/mol. The number of aromatic nitrogens is 3. The molecule has 39 heavy (non-hydrogen) atoms. The molecule has 3 atom stereocenters. The molecule has 2 aliphatic rings. The van der Waals surface area contributed by atoms with Crippen LogP contribution in [0.25, 0.3) is 22.5 Å². The number of rotatable bonds is 7. The van der Waals surface area contributed by atoms with Gasteiger partial charge in [-0.1, -0.05) is 18.2 Å². The lowest BCUT2D eigenvalue weighted by Crippen LogP contribution is -2.07. The zero-order valence-corrected chi connectivity index (χ0v) is 22.7. The standard InChI is InChI=1S/C32H32FN3O3/c1-5-38-32(37)26-16-25(26)20-6-8-22(9-7-20)39-28-13-11-24-23(10-12-27(33)30(24)28)29-18(2)14-21(15-19(29)3)31-34-17-36(4)35-31/h6-10,12,14-15,17,25-26,28H,5,11,13,16H2,1-4H3/t25-,26+,28-/m1/s1. The van der Waals surface area contributed by atoms with Crippen molar-refractivity contribution in [3.05, 3.63) is 88.5 Å². The van der Waals surface area contributed by atoms with Crippen LogP contribution in [0.5, 0.6) is 5.75 Å². The zero-order chi connectivity index (χ0) is 27.3. The van der Waals surface area contributed by atoms with E-state index in [9.17, 15) is 4.79 Å². The summed E-state index contributed by atoms with van der Waals surface area (Å²) in [4.78, 5) is 16.4. The second-order valence-electron chi connectivity index (χ2n) is 10.6. The highest BCUT2D eigenvalue weighted by Gasteiger charge is 2.45. The van der Waals surface area contributed by atoms with E-state index in [0.717, 1.165) is 51.8 Å². The molecule has 0 amide bonds. The predicted molar refractivity (Wildman–Crippen MR) is 147 cm³/mol. The van der Waals surface area contributed by atoms with Crippen molar-refractivity contribution in [3.63, 3.8) is 0 Å². The maximum atomic E-state index is 15.2. The molecule has 7 heteroatoms. The van der Waals surface area contributed by atoms with Crippen molar-refractivity contribution in [1.82, 2.24) is 14.8 Å². The van der Waals surface area contributed by atoms with Crippen molar-refractivity contribution in [3.8, 4) is 28.3 Å². The quantitative estimate of drug-likeness (QED) is 0.253. The maximum Gasteiger partial charge on any atom is 0.309 e. The van der Waals surface area contributed by atoms with Gasteiger partial charge in [-0.05, 0) is 110 Å². The van der Waals surface area contributed by atoms with Crippen LogP contribution in [0.2, 0.25) is 0 Å². The molecule has 2 aliphatic carbocycles. The summed E-state index contributed by atoms with van der Waals surface area (Å²) in [5, 5.41) is 4.44. The van der Waals surface area contributed by atoms with Crippen LogP contribution >= 0.6 is 0 Å². The van der Waals surface area contributed by atoms with Gasteiger partial charge in [0.15, 0.2) is 5.82 Å². The maximum absolute atomic E-state index is 15.2. The second-order valence-corrected chi connectivity index (χ2v) is 10.6. The van der Waals surface area contributed by atoms with Crippen molar-refractivity contribution in [2.75, 3.05) is 6.61 Å². The Hall–Kier alpha value is -4.00. The molecule has 6 nitrogen and oxygen atoms in total. The van der Waals surface area contributed by atoms with E-state index in [1.54, 1.807) is 17.1 Å². The molecule has 3 aromatic carbocycles. The van der Waals surface area contributed by atoms with E-state index < -0.39 is 0 Å². The zero-order valence-electron chi connectivity index (χ0n) is 22.7. The number of aryl methyl sites for hydroxylation is 3. The lowest BCUT2D eigenvalue weighted by atomic mass is 9.89. The molecule has 0 bridgehead atoms. The molecule has 0 spiro atoms. The Balaban J connectivity index is 1.24. The monoisotopic (exact) mass is 525 g/mol. The van der Waals surface area contributed by atoms with Crippen LogP contribution in [0, 0.1) is 25.6 Å². The number of hydrogen-bond donors (Lipinski definition) is 0. The molecule has 0 N–H and O–H groups in total. The summed E-state index contributed by atoms with van der Waals surface area (Å²) in [5.41, 5.74) is 8.13. The van der Waals surface area contributed by atoms with Crippen molar-refractivity contribution in [2.45, 2.75) is 52.1 Å². The third-order valence-electron chi connectivity index (χ3n) is 7.91. The molecule has 0 unspecified atom stereocenters. The van der Waals surface area contributed by atoms with Crippen molar-refractivity contribution in [1.29, 1.82) is 0 Å². The van der Waals surface area contributed by atoms with Gasteiger partial charge in [-0.2, -0.15) is 5.10 Å². The van der Waals surface area contributed by atoms with E-state index in [4.69, 9.17) is 9.47 Å². The van der Waals surface area contributed by atoms with Crippen LogP contribution in [0.3, 0.4) is 0 Å². The fourth-order valence-corrected chi connectivity index (χ4v) is 6.05. The molecular formula is C32H32FN3O3. The number of hydrogen-bond acceptors (Lipinski definition) is 5. The fraction of sp³-hybridized carbons (Fsp3) is 0.344. The highest BCUT2D eigenvalue weighted by molar-refractivity contribution is 5.79. The van der Waals surface area contributed by atoms with Gasteiger partial charge in [0, 0.05) is 18.2 Å². The topological polar surface area (TPSA) is 66.2 Å². The van der Waals surface area contributed by atoms with E-state index >= 15 is 4.39 Å². The minimum absolute atomic E-state index is 0.0489. The van der Waals surface area contributed by atoms with Gasteiger partial charge in [-0.15, -0.1) is 0 Å². The Bertz CT molecular complexity index is 1540. The van der Waals surface area contributed by atoms with Gasteiger partial charge in [-0.3, -0.25) is 9.48 Å². The Morgan fingerprint density at radius 1 is 1.10 bits per heavy atom. The SMILES string of the molecule is CCOC(=O)[C@H]1C[C@@H]1c1ccc(O[C@@H]2CCc3c(-c4c(C)cc(-c5ncn(C)n5)cc4C)ccc(F)c32)cc1. The van der Waals surface area contributed by atoms with E-state index in [-0.39, 0.29) is 29.7 Å². The minimum Gasteiger partial charge on any atom is -0.486 e. The van der Waals surface area contributed by atoms with Crippen LogP contribution in [-0.4, -0.2) is 27.3 Å². The lowest BCUT2D eigenvalue weighted by Gasteiger charge is -2.19. The van der Waals surface area contributed by atoms with Crippen molar-refractivity contribution < 1.29 is 18.7 Å². The third-order valence-corrected chi connectivity index (χ3v) is 7.91. The first-order valence-corrected chi connectivity index (χ1v) is 13.6. The summed E-state index contributed by atoms with van der Waals surface area (Å²) in [6, 6.07) is 15.5. The van der Waals surface area contributed by atoms with Gasteiger partial charge in [0.25, 0.3) is 0 Å². The second kappa shape index (κ2) is 9.95. The number of fused-ring (bicyclic) bond motifs is 1. The molecule has 200 valence electrons. The van der Waals surface area contributed by atoms with E-state index in [1.165, 1.54) is 0 Å². The number of nitrogens with zero attached hydrogens (tertiary/aromatic N) is 3. The Kier molecular flexibility index (Phi) is 6.45. The van der Waals surface area contributed by atoms with Gasteiger partial charge in [0.1, 0.15) is 24.0 Å². The molecule has 1 fully saturated rings. The molecule has 0 radical (unpaired) electrons. The van der Waals surface area contributed by atoms with Crippen LogP contribution in [0.4, 0.5) is 4.39 Å². The smallest absolute Gasteiger partial charge is 0.309 e. The third kappa shape index (κ3) is 4.71. The van der Waals surface area contributed by atoms with Crippen LogP contribution in [-0.2, 0) is 23.0 Å². The van der Waals surface area contributed by atoms with E-state index in [1.807, 2.05) is 44.3 Å². The van der Waals surface area contributed by atoms with Gasteiger partial charge < -0.3 is 9.47 Å². The van der Waals surface area contributed by atoms with E-state index in [0.29, 0.717) is 30.2 Å². The Morgan fingerprint density at radius 3 is 2.51 bits per heavy atom. The first kappa shape index (κ1) is 25.3. The fourth-order valence-electron chi connectivity index (χ4n) is 6.05. The molecule has 1 aromatic heterocycles. The molecule has 6 rings (SSSR count). The van der Waals surface area contributed by atoms with Crippen molar-refractivity contribution in [2.24, 2.45) is 13.0 Å². The summed E-state index contributed by atoms with van der Waals surface area (Å²) in [6.07, 6.45) is 3.63. The van der Waals surface area contributed by atoms with Crippen LogP contribution in [0.15, 0.2) is 54.9 Å². The predicted octanol–water partition coefficient (Wildman–Crippen LogP) is 6.64. The highest BCUT2D eigenvalue weighted by atomic mass is 19.1. The minimum atomic E-state index is -0.350. The van der Waals surface area contributed by atoms with Crippen LogP contribution in [0.1, 0.15) is 59.6 Å². The lowest BCUT2D eigenvalue weighted by molar-refractivity contribution is -0.144. The van der Waals surface area contributed by atoms with Gasteiger partial charge in [0.05, 0.1) is 12.5 Å². The van der Waals surface area contributed by atoms with Gasteiger partial charge in [-0.25, -0.2) is 9.37 Å². The first-order chi connectivity index (χ1) is 18.8. The summed E-state index contributed by atoms with van der Waals surface area (Å²) < 4.78 is 28.4. The Labute approximate surface area is 227 Å². The van der Waals surface area contributed by atoms with Gasteiger partial charge >= 0.3 is 5.97 Å². The summed E-state index contributed by atoms with van der Waals surface area (Å²) in [5.74, 6) is 1.20. The van der Waals surface area contributed by atoms with Crippen molar-refractivity contribution >= 4 is 5.97 Å². The number of esters is 1. The first-order valence-electron chi connectivity index (χ1n) is 13.6. The van der Waals surface area contributed by atoms with E-state index in [2.05, 4.69) is 36.1 Å². The largest absolute Gasteiger partial charge is 0.486 e. The normalized spacial score (nSPS) is 19.6. The molecule has 1 saturated carbocycles. The number of ether oxygens (including phenoxy) is 2.